The zero-order valence-electron chi connectivity index (χ0n) is 18.1. The quantitative estimate of drug-likeness (QED) is 0.257. The summed E-state index contributed by atoms with van der Waals surface area (Å²) in [6.07, 6.45) is 1.40. The van der Waals surface area contributed by atoms with Gasteiger partial charge in [-0.05, 0) is 48.4 Å². The molecule has 0 atom stereocenters. The molecule has 9 nitrogen and oxygen atoms in total. The summed E-state index contributed by atoms with van der Waals surface area (Å²) in [4.78, 5) is 48.9. The van der Waals surface area contributed by atoms with Crippen molar-refractivity contribution >= 4 is 35.3 Å². The SMILES string of the molecule is Cc1ccc(N2C(=O)NC(=O)/C(=C/c3ccc(OCc4cccc([N+](=O)[O-])c4)cc3)C2=O)cc1. The van der Waals surface area contributed by atoms with Gasteiger partial charge in [-0.3, -0.25) is 25.0 Å². The van der Waals surface area contributed by atoms with Crippen LogP contribution in [0.1, 0.15) is 16.7 Å². The van der Waals surface area contributed by atoms with Crippen LogP contribution in [0.15, 0.2) is 78.4 Å². The van der Waals surface area contributed by atoms with Gasteiger partial charge in [-0.15, -0.1) is 0 Å². The van der Waals surface area contributed by atoms with E-state index in [9.17, 15) is 24.5 Å². The Morgan fingerprint density at radius 3 is 2.38 bits per heavy atom. The first-order valence-electron chi connectivity index (χ1n) is 10.3. The number of nitro groups is 1. The number of urea groups is 1. The van der Waals surface area contributed by atoms with Gasteiger partial charge in [0, 0.05) is 12.1 Å². The summed E-state index contributed by atoms with van der Waals surface area (Å²) in [5.74, 6) is -0.988. The molecule has 34 heavy (non-hydrogen) atoms. The predicted molar refractivity (Wildman–Crippen MR) is 124 cm³/mol. The number of benzene rings is 3. The zero-order valence-corrected chi connectivity index (χ0v) is 18.1. The molecule has 1 saturated heterocycles. The third kappa shape index (κ3) is 4.83. The summed E-state index contributed by atoms with van der Waals surface area (Å²) in [6.45, 7) is 2.02. The van der Waals surface area contributed by atoms with E-state index in [1.54, 1.807) is 60.7 Å². The summed E-state index contributed by atoms with van der Waals surface area (Å²) in [5, 5.41) is 13.1. The highest BCUT2D eigenvalue weighted by Crippen LogP contribution is 2.23. The van der Waals surface area contributed by atoms with Gasteiger partial charge in [-0.1, -0.05) is 42.0 Å². The fraction of sp³-hybridized carbons (Fsp3) is 0.0800. The van der Waals surface area contributed by atoms with Gasteiger partial charge in [0.1, 0.15) is 17.9 Å². The first-order valence-corrected chi connectivity index (χ1v) is 10.3. The molecule has 1 heterocycles. The normalized spacial score (nSPS) is 14.8. The third-order valence-electron chi connectivity index (χ3n) is 5.11. The summed E-state index contributed by atoms with van der Waals surface area (Å²) in [6, 6.07) is 18.8. The Bertz CT molecular complexity index is 1310. The number of hydrogen-bond acceptors (Lipinski definition) is 6. The average Bonchev–Trinajstić information content (AvgIpc) is 2.82. The molecule has 3 aromatic carbocycles. The zero-order chi connectivity index (χ0) is 24.2. The van der Waals surface area contributed by atoms with Crippen LogP contribution in [0.25, 0.3) is 6.08 Å². The summed E-state index contributed by atoms with van der Waals surface area (Å²) in [7, 11) is 0. The second-order valence-corrected chi connectivity index (χ2v) is 7.58. The molecule has 1 N–H and O–H groups in total. The molecule has 1 fully saturated rings. The smallest absolute Gasteiger partial charge is 0.335 e. The minimum absolute atomic E-state index is 0.0170. The standard InChI is InChI=1S/C25H19N3O6/c1-16-5-9-19(10-6-16)27-24(30)22(23(29)26-25(27)31)14-17-7-11-21(12-8-17)34-15-18-3-2-4-20(13-18)28(32)33/h2-14H,15H2,1H3,(H,26,29,31)/b22-14-. The van der Waals surface area contributed by atoms with E-state index in [-0.39, 0.29) is 17.9 Å². The number of imide groups is 2. The van der Waals surface area contributed by atoms with Crippen molar-refractivity contribution in [2.45, 2.75) is 13.5 Å². The molecule has 0 bridgehead atoms. The first kappa shape index (κ1) is 22.4. The molecular formula is C25H19N3O6. The van der Waals surface area contributed by atoms with E-state index in [1.165, 1.54) is 18.2 Å². The summed E-state index contributed by atoms with van der Waals surface area (Å²) >= 11 is 0. The van der Waals surface area contributed by atoms with Crippen LogP contribution < -0.4 is 15.0 Å². The highest BCUT2D eigenvalue weighted by molar-refractivity contribution is 6.39. The summed E-state index contributed by atoms with van der Waals surface area (Å²) < 4.78 is 5.67. The lowest BCUT2D eigenvalue weighted by atomic mass is 10.1. The average molecular weight is 457 g/mol. The fourth-order valence-corrected chi connectivity index (χ4v) is 3.34. The van der Waals surface area contributed by atoms with Crippen LogP contribution in [0, 0.1) is 17.0 Å². The number of nitrogens with zero attached hydrogens (tertiary/aromatic N) is 2. The van der Waals surface area contributed by atoms with Gasteiger partial charge in [0.15, 0.2) is 0 Å². The Morgan fingerprint density at radius 1 is 1.00 bits per heavy atom. The largest absolute Gasteiger partial charge is 0.489 e. The van der Waals surface area contributed by atoms with Crippen LogP contribution >= 0.6 is 0 Å². The lowest BCUT2D eigenvalue weighted by Crippen LogP contribution is -2.54. The molecule has 0 unspecified atom stereocenters. The number of nitrogens with one attached hydrogen (secondary N) is 1. The summed E-state index contributed by atoms with van der Waals surface area (Å²) in [5.41, 5.74) is 2.33. The number of carbonyl (C=O) groups excluding carboxylic acids is 3. The van der Waals surface area contributed by atoms with Gasteiger partial charge >= 0.3 is 6.03 Å². The molecule has 4 rings (SSSR count). The van der Waals surface area contributed by atoms with Crippen molar-refractivity contribution in [2.75, 3.05) is 4.90 Å². The number of rotatable bonds is 6. The molecule has 3 aromatic rings. The van der Waals surface area contributed by atoms with Gasteiger partial charge in [0.2, 0.25) is 0 Å². The first-order chi connectivity index (χ1) is 16.3. The number of nitro benzene ring substituents is 1. The van der Waals surface area contributed by atoms with Crippen molar-refractivity contribution in [1.29, 1.82) is 0 Å². The maximum atomic E-state index is 12.9. The minimum Gasteiger partial charge on any atom is -0.489 e. The molecule has 170 valence electrons. The Hall–Kier alpha value is -4.79. The fourth-order valence-electron chi connectivity index (χ4n) is 3.34. The van der Waals surface area contributed by atoms with Gasteiger partial charge < -0.3 is 4.74 Å². The topological polar surface area (TPSA) is 119 Å². The second kappa shape index (κ2) is 9.37. The second-order valence-electron chi connectivity index (χ2n) is 7.58. The lowest BCUT2D eigenvalue weighted by molar-refractivity contribution is -0.384. The van der Waals surface area contributed by atoms with E-state index < -0.39 is 22.8 Å². The molecule has 1 aliphatic heterocycles. The molecule has 1 aliphatic rings. The van der Waals surface area contributed by atoms with Crippen LogP contribution in [0.4, 0.5) is 16.2 Å². The highest BCUT2D eigenvalue weighted by Gasteiger charge is 2.36. The van der Waals surface area contributed by atoms with Crippen molar-refractivity contribution in [3.05, 3.63) is 105 Å². The Labute approximate surface area is 194 Å². The monoisotopic (exact) mass is 457 g/mol. The molecular weight excluding hydrogens is 438 g/mol. The van der Waals surface area contributed by atoms with Crippen LogP contribution in [0.2, 0.25) is 0 Å². The van der Waals surface area contributed by atoms with Crippen molar-refractivity contribution < 1.29 is 24.0 Å². The minimum atomic E-state index is -0.805. The van der Waals surface area contributed by atoms with E-state index in [0.717, 1.165) is 10.5 Å². The van der Waals surface area contributed by atoms with Crippen LogP contribution in [0.3, 0.4) is 0 Å². The van der Waals surface area contributed by atoms with Gasteiger partial charge in [0.25, 0.3) is 17.5 Å². The van der Waals surface area contributed by atoms with E-state index in [2.05, 4.69) is 5.32 Å². The van der Waals surface area contributed by atoms with Gasteiger partial charge in [0.05, 0.1) is 10.6 Å². The maximum absolute atomic E-state index is 12.9. The third-order valence-corrected chi connectivity index (χ3v) is 5.11. The van der Waals surface area contributed by atoms with Crippen molar-refractivity contribution in [3.63, 3.8) is 0 Å². The van der Waals surface area contributed by atoms with Gasteiger partial charge in [-0.2, -0.15) is 0 Å². The number of amides is 4. The van der Waals surface area contributed by atoms with Crippen molar-refractivity contribution in [2.24, 2.45) is 0 Å². The Kier molecular flexibility index (Phi) is 6.18. The maximum Gasteiger partial charge on any atom is 0.335 e. The Morgan fingerprint density at radius 2 is 1.71 bits per heavy atom. The number of anilines is 1. The molecule has 9 heteroatoms. The molecule has 0 radical (unpaired) electrons. The molecule has 4 amide bonds. The van der Waals surface area contributed by atoms with E-state index in [1.807, 2.05) is 6.92 Å². The van der Waals surface area contributed by atoms with E-state index in [4.69, 9.17) is 4.74 Å². The molecule has 0 saturated carbocycles. The van der Waals surface area contributed by atoms with Crippen LogP contribution in [0.5, 0.6) is 5.75 Å². The number of non-ortho nitro benzene ring substituents is 1. The predicted octanol–water partition coefficient (Wildman–Crippen LogP) is 4.15. The van der Waals surface area contributed by atoms with Gasteiger partial charge in [-0.25, -0.2) is 9.69 Å². The van der Waals surface area contributed by atoms with Crippen molar-refractivity contribution in [3.8, 4) is 5.75 Å². The number of hydrogen-bond donors (Lipinski definition) is 1. The van der Waals surface area contributed by atoms with E-state index in [0.29, 0.717) is 22.6 Å². The Balaban J connectivity index is 1.49. The number of carbonyl (C=O) groups is 3. The van der Waals surface area contributed by atoms with Crippen LogP contribution in [-0.2, 0) is 16.2 Å². The van der Waals surface area contributed by atoms with E-state index >= 15 is 0 Å². The molecule has 0 spiro atoms. The number of aryl methyl sites for hydroxylation is 1. The highest BCUT2D eigenvalue weighted by atomic mass is 16.6. The van der Waals surface area contributed by atoms with Crippen molar-refractivity contribution in [1.82, 2.24) is 5.32 Å². The molecule has 0 aliphatic carbocycles. The molecule has 0 aromatic heterocycles. The lowest BCUT2D eigenvalue weighted by Gasteiger charge is -2.26. The number of barbiturate groups is 1. The number of ether oxygens (including phenoxy) is 1. The van der Waals surface area contributed by atoms with Crippen LogP contribution in [-0.4, -0.2) is 22.8 Å².